The van der Waals surface area contributed by atoms with Crippen molar-refractivity contribution in [2.45, 2.75) is 19.8 Å². The number of methoxy groups -OCH3 is 1. The fourth-order valence-electron chi connectivity index (χ4n) is 4.58. The molecule has 0 N–H and O–H groups in total. The fraction of sp³-hybridized carbons (Fsp3) is 0.364. The summed E-state index contributed by atoms with van der Waals surface area (Å²) in [5.41, 5.74) is 2.56. The molecule has 1 aliphatic heterocycles. The van der Waals surface area contributed by atoms with Crippen molar-refractivity contribution in [3.05, 3.63) is 43.0 Å². The van der Waals surface area contributed by atoms with Gasteiger partial charge in [0.05, 0.1) is 30.6 Å². The van der Waals surface area contributed by atoms with Gasteiger partial charge in [-0.05, 0) is 37.0 Å². The second-order valence-corrected chi connectivity index (χ2v) is 7.96. The molecule has 146 valence electrons. The number of ether oxygens (including phenoxy) is 1. The van der Waals surface area contributed by atoms with Crippen LogP contribution >= 0.6 is 0 Å². The minimum absolute atomic E-state index is 0.00210. The first kappa shape index (κ1) is 17.7. The van der Waals surface area contributed by atoms with Crippen LogP contribution in [-0.2, 0) is 4.79 Å². The molecule has 1 saturated heterocycles. The second kappa shape index (κ2) is 6.31. The molecule has 0 bridgehead atoms. The molecule has 0 radical (unpaired) electrons. The van der Waals surface area contributed by atoms with Crippen molar-refractivity contribution in [3.63, 3.8) is 0 Å². The van der Waals surface area contributed by atoms with Gasteiger partial charge >= 0.3 is 0 Å². The molecule has 5 rings (SSSR count). The normalized spacial score (nSPS) is 24.1. The zero-order chi connectivity index (χ0) is 20.2. The second-order valence-electron chi connectivity index (χ2n) is 7.96. The van der Waals surface area contributed by atoms with Gasteiger partial charge in [0.1, 0.15) is 11.2 Å². The predicted molar refractivity (Wildman–Crippen MR) is 107 cm³/mol. The first-order valence-electron chi connectivity index (χ1n) is 9.78. The van der Waals surface area contributed by atoms with E-state index in [-0.39, 0.29) is 17.7 Å². The quantitative estimate of drug-likeness (QED) is 0.686. The van der Waals surface area contributed by atoms with Crippen LogP contribution in [0.3, 0.4) is 0 Å². The van der Waals surface area contributed by atoms with E-state index in [2.05, 4.69) is 16.2 Å². The number of nitriles is 1. The van der Waals surface area contributed by atoms with Crippen LogP contribution in [0.4, 0.5) is 5.69 Å². The Kier molecular flexibility index (Phi) is 3.85. The van der Waals surface area contributed by atoms with Crippen molar-refractivity contribution in [2.75, 3.05) is 18.6 Å². The summed E-state index contributed by atoms with van der Waals surface area (Å²) in [5, 5.41) is 14.3. The molecule has 4 heterocycles. The first-order chi connectivity index (χ1) is 14.1. The summed E-state index contributed by atoms with van der Waals surface area (Å²) >= 11 is 0. The average molecular weight is 387 g/mol. The number of aromatic nitrogens is 3. The zero-order valence-corrected chi connectivity index (χ0v) is 16.4. The number of nitrogens with zero attached hydrogens (tertiary/aromatic N) is 5. The molecule has 1 amide bonds. The summed E-state index contributed by atoms with van der Waals surface area (Å²) in [7, 11) is 1.61. The summed E-state index contributed by atoms with van der Waals surface area (Å²) in [5.74, 6) is 0.785. The number of rotatable bonds is 4. The van der Waals surface area contributed by atoms with Crippen LogP contribution in [0.1, 0.15) is 19.8 Å². The molecular formula is C22H21N5O2. The number of carbonyl (C=O) groups excluding carboxylic acids is 1. The third-order valence-corrected chi connectivity index (χ3v) is 6.30. The topological polar surface area (TPSA) is 83.5 Å². The van der Waals surface area contributed by atoms with Crippen LogP contribution in [-0.4, -0.2) is 34.2 Å². The summed E-state index contributed by atoms with van der Waals surface area (Å²) < 4.78 is 7.05. The Labute approximate surface area is 168 Å². The number of pyridine rings is 1. The number of hydrogen-bond donors (Lipinski definition) is 0. The average Bonchev–Trinajstić information content (AvgIpc) is 3.44. The minimum Gasteiger partial charge on any atom is -0.495 e. The number of carbonyl (C=O) groups is 1. The maximum absolute atomic E-state index is 13.4. The minimum atomic E-state index is -0.896. The molecule has 0 spiro atoms. The van der Waals surface area contributed by atoms with E-state index in [0.29, 0.717) is 12.3 Å². The van der Waals surface area contributed by atoms with Crippen molar-refractivity contribution >= 4 is 17.1 Å². The number of hydrogen-bond acceptors (Lipinski definition) is 5. The van der Waals surface area contributed by atoms with Gasteiger partial charge < -0.3 is 9.64 Å². The van der Waals surface area contributed by atoms with Gasteiger partial charge in [0.15, 0.2) is 0 Å². The molecule has 1 saturated carbocycles. The highest BCUT2D eigenvalue weighted by Crippen LogP contribution is 2.54. The molecule has 1 aliphatic carbocycles. The number of amides is 1. The molecule has 3 aromatic rings. The molecule has 2 atom stereocenters. The molecule has 2 aliphatic rings. The first-order valence-corrected chi connectivity index (χ1v) is 9.78. The molecule has 0 aromatic carbocycles. The predicted octanol–water partition coefficient (Wildman–Crippen LogP) is 3.31. The fourth-order valence-corrected chi connectivity index (χ4v) is 4.58. The van der Waals surface area contributed by atoms with Crippen molar-refractivity contribution in [1.82, 2.24) is 14.6 Å². The van der Waals surface area contributed by atoms with Crippen LogP contribution in [0.2, 0.25) is 0 Å². The van der Waals surface area contributed by atoms with Gasteiger partial charge in [-0.25, -0.2) is 4.52 Å². The highest BCUT2D eigenvalue weighted by molar-refractivity contribution is 6.05. The van der Waals surface area contributed by atoms with Gasteiger partial charge in [0, 0.05) is 42.2 Å². The van der Waals surface area contributed by atoms with Gasteiger partial charge in [-0.15, -0.1) is 0 Å². The van der Waals surface area contributed by atoms with E-state index in [1.165, 1.54) is 0 Å². The highest BCUT2D eigenvalue weighted by atomic mass is 16.5. The van der Waals surface area contributed by atoms with E-state index in [1.807, 2.05) is 31.3 Å². The molecule has 7 heteroatoms. The van der Waals surface area contributed by atoms with E-state index in [1.54, 1.807) is 35.1 Å². The zero-order valence-electron chi connectivity index (χ0n) is 16.4. The lowest BCUT2D eigenvalue weighted by molar-refractivity contribution is -0.124. The molecule has 2 fully saturated rings. The van der Waals surface area contributed by atoms with Gasteiger partial charge in [0.2, 0.25) is 5.91 Å². The summed E-state index contributed by atoms with van der Waals surface area (Å²) in [6.45, 7) is 2.56. The number of fused-ring (bicyclic) bond motifs is 1. The monoisotopic (exact) mass is 387 g/mol. The van der Waals surface area contributed by atoms with E-state index in [0.717, 1.165) is 35.2 Å². The Balaban J connectivity index is 1.59. The number of anilines is 1. The van der Waals surface area contributed by atoms with Crippen molar-refractivity contribution in [2.24, 2.45) is 17.3 Å². The van der Waals surface area contributed by atoms with Crippen LogP contribution in [0.25, 0.3) is 16.6 Å². The van der Waals surface area contributed by atoms with Gasteiger partial charge in [-0.1, -0.05) is 6.92 Å². The summed E-state index contributed by atoms with van der Waals surface area (Å²) in [6, 6.07) is 8.16. The van der Waals surface area contributed by atoms with Crippen LogP contribution in [0.15, 0.2) is 43.0 Å². The van der Waals surface area contributed by atoms with Crippen LogP contribution < -0.4 is 9.64 Å². The van der Waals surface area contributed by atoms with Crippen molar-refractivity contribution in [3.8, 4) is 22.9 Å². The van der Waals surface area contributed by atoms with Crippen LogP contribution in [0, 0.1) is 28.6 Å². The Morgan fingerprint density at radius 2 is 2.10 bits per heavy atom. The van der Waals surface area contributed by atoms with E-state index >= 15 is 0 Å². The molecule has 0 unspecified atom stereocenters. The Morgan fingerprint density at radius 3 is 2.83 bits per heavy atom. The van der Waals surface area contributed by atoms with Crippen LogP contribution in [0.5, 0.6) is 5.75 Å². The van der Waals surface area contributed by atoms with E-state index in [9.17, 15) is 10.1 Å². The molecule has 29 heavy (non-hydrogen) atoms. The maximum Gasteiger partial charge on any atom is 0.248 e. The Hall–Kier alpha value is -3.40. The summed E-state index contributed by atoms with van der Waals surface area (Å²) in [6.07, 6.45) is 8.96. The largest absolute Gasteiger partial charge is 0.495 e. The molecule has 7 nitrogen and oxygen atoms in total. The van der Waals surface area contributed by atoms with Gasteiger partial charge in [-0.3, -0.25) is 9.78 Å². The smallest absolute Gasteiger partial charge is 0.248 e. The highest BCUT2D eigenvalue weighted by Gasteiger charge is 2.61. The van der Waals surface area contributed by atoms with Gasteiger partial charge in [0.25, 0.3) is 0 Å². The molecule has 3 aromatic heterocycles. The van der Waals surface area contributed by atoms with Crippen molar-refractivity contribution < 1.29 is 9.53 Å². The third kappa shape index (κ3) is 2.52. The standard InChI is InChI=1S/C22H21N5O2/c1-14-11-26(21(28)22(14,13-23)17-3-4-17)19-5-6-25-27-12-16(8-20(19)27)15-7-18(29-2)10-24-9-15/h5-10,12,14,17H,3-4,11H2,1-2H3/t14-,22+/m1/s1. The lowest BCUT2D eigenvalue weighted by Gasteiger charge is -2.23. The SMILES string of the molecule is COc1cncc(-c2cc3c(N4C[C@@H](C)[C@@](C#N)(C5CC5)C4=O)ccnn3c2)c1. The van der Waals surface area contributed by atoms with E-state index < -0.39 is 5.41 Å². The summed E-state index contributed by atoms with van der Waals surface area (Å²) in [4.78, 5) is 19.4. The van der Waals surface area contributed by atoms with Crippen molar-refractivity contribution in [1.29, 1.82) is 5.26 Å². The lowest BCUT2D eigenvalue weighted by atomic mass is 9.75. The van der Waals surface area contributed by atoms with E-state index in [4.69, 9.17) is 4.74 Å². The lowest BCUT2D eigenvalue weighted by Crippen LogP contribution is -2.37. The molecular weight excluding hydrogens is 366 g/mol. The Morgan fingerprint density at radius 1 is 1.28 bits per heavy atom. The Bertz CT molecular complexity index is 1160. The van der Waals surface area contributed by atoms with Gasteiger partial charge in [-0.2, -0.15) is 10.4 Å². The third-order valence-electron chi connectivity index (χ3n) is 6.30. The maximum atomic E-state index is 13.4.